The van der Waals surface area contributed by atoms with Gasteiger partial charge in [-0.1, -0.05) is 390 Å². The van der Waals surface area contributed by atoms with Gasteiger partial charge in [-0.3, -0.25) is 0 Å². The number of thiophene rings is 3. The maximum absolute atomic E-state index is 2.40. The minimum Gasteiger partial charge on any atom is -0.310 e. The van der Waals surface area contributed by atoms with E-state index in [1.54, 1.807) is 0 Å². The summed E-state index contributed by atoms with van der Waals surface area (Å²) in [5.74, 6) is 0. The first-order valence-electron chi connectivity index (χ1n) is 49.9. The summed E-state index contributed by atoms with van der Waals surface area (Å²) in [5, 5.41) is 17.8. The van der Waals surface area contributed by atoms with Crippen LogP contribution >= 0.6 is 34.0 Å². The van der Waals surface area contributed by atoms with Crippen LogP contribution in [0.3, 0.4) is 0 Å². The van der Waals surface area contributed by atoms with Crippen LogP contribution in [0.15, 0.2) is 558 Å². The summed E-state index contributed by atoms with van der Waals surface area (Å²) in [6.45, 7) is 4.70. The first-order valence-corrected chi connectivity index (χ1v) is 52.3. The summed E-state index contributed by atoms with van der Waals surface area (Å²) < 4.78 is 7.96. The molecule has 0 N–H and O–H groups in total. The lowest BCUT2D eigenvalue weighted by atomic mass is 9.82. The first kappa shape index (κ1) is 89.5. The zero-order valence-electron chi connectivity index (χ0n) is 80.6. The second kappa shape index (κ2) is 39.2. The SMILES string of the molecule is CC1(C)c2ccccc2-c2c(-c3cc4ccccc4cc3N(c3ccccc3)c3ccccc3)cccc21.c1ccc(N(c2ccccc2)c2cc3ccccc3cc2-c2ccc3c(c2)sc2ccccc23)cc1.c1ccc(N(c2ccccc2)c2cc3ccccc3cc2-c2ccc3sc4ccccc4c3c2)cc1.c1ccc(N(c2ccccc2)c2cc3ccccc3cc2-c2cccc3c2sc2ccccc23)cc1. The van der Waals surface area contributed by atoms with Crippen molar-refractivity contribution in [3.8, 4) is 55.6 Å². The third-order valence-electron chi connectivity index (χ3n) is 28.5. The van der Waals surface area contributed by atoms with Crippen molar-refractivity contribution in [3.05, 3.63) is 569 Å². The molecule has 3 aromatic heterocycles. The molecule has 1 aliphatic carbocycles. The molecule has 0 spiro atoms. The Labute approximate surface area is 862 Å². The molecule has 7 heteroatoms. The van der Waals surface area contributed by atoms with Gasteiger partial charge >= 0.3 is 0 Å². The van der Waals surface area contributed by atoms with Crippen molar-refractivity contribution >= 4 is 206 Å². The molecule has 0 radical (unpaired) electrons. The Bertz CT molecular complexity index is 9300. The number of fused-ring (bicyclic) bond motifs is 16. The standard InChI is InChI=1S/C37H29N.3C34H23NS/c1-37(2)33-22-12-11-20-31(33)36-30(21-13-23-34(36)37)32-24-26-14-9-10-15-27(26)25-35(32)38(28-16-5-3-6-17-28)29-18-7-4-8-19-29;1-3-14-26(15-4-1)35(27-16-5-2-6-17-27)32-23-25-13-8-7-12-24(25)22-31(32)30-20-11-19-29-28-18-9-10-21-33(28)36-34(29)30;1-3-13-27(14-4-1)35(28-15-5-2-6-16-28)32-23-25-12-8-7-11-24(25)21-30(32)26-19-20-34-31(22-26)29-17-9-10-18-33(29)36-34;1-3-13-27(14-4-1)35(28-15-5-2-6-16-28)32-22-25-12-8-7-11-24(25)21-31(32)26-19-20-30-29-17-9-10-18-33(29)36-34(30)23-26/h3-25H,1-2H3;3*1-23H. The van der Waals surface area contributed by atoms with Gasteiger partial charge in [0.1, 0.15) is 0 Å². The maximum Gasteiger partial charge on any atom is 0.0546 e. The number of hydrogen-bond donors (Lipinski definition) is 0. The van der Waals surface area contributed by atoms with Crippen LogP contribution < -0.4 is 19.6 Å². The Morgan fingerprint density at radius 1 is 0.158 bits per heavy atom. The lowest BCUT2D eigenvalue weighted by molar-refractivity contribution is 0.660. The van der Waals surface area contributed by atoms with Crippen LogP contribution in [0.25, 0.3) is 159 Å². The molecule has 0 aliphatic heterocycles. The zero-order valence-corrected chi connectivity index (χ0v) is 83.1. The van der Waals surface area contributed by atoms with E-state index in [1.807, 2.05) is 34.0 Å². The fraction of sp³-hybridized carbons (Fsp3) is 0.0216. The summed E-state index contributed by atoms with van der Waals surface area (Å²) in [6, 6.07) is 201. The van der Waals surface area contributed by atoms with Gasteiger partial charge in [0.2, 0.25) is 0 Å². The average molecular weight is 1920 g/mol. The van der Waals surface area contributed by atoms with E-state index in [9.17, 15) is 0 Å². The summed E-state index contributed by atoms with van der Waals surface area (Å²) in [5.41, 5.74) is 29.2. The monoisotopic (exact) mass is 1920 g/mol. The topological polar surface area (TPSA) is 13.0 Å². The van der Waals surface area contributed by atoms with Crippen LogP contribution in [-0.4, -0.2) is 0 Å². The van der Waals surface area contributed by atoms with Gasteiger partial charge in [0.25, 0.3) is 0 Å². The lowest BCUT2D eigenvalue weighted by Crippen LogP contribution is -2.14. The summed E-state index contributed by atoms with van der Waals surface area (Å²) in [6.07, 6.45) is 0. The Hall–Kier alpha value is -17.8. The van der Waals surface area contributed by atoms with Gasteiger partial charge in [0.15, 0.2) is 0 Å². The highest BCUT2D eigenvalue weighted by molar-refractivity contribution is 7.27. The highest BCUT2D eigenvalue weighted by atomic mass is 32.1. The highest BCUT2D eigenvalue weighted by Crippen LogP contribution is 2.57. The molecule has 27 aromatic rings. The number of benzene rings is 24. The van der Waals surface area contributed by atoms with E-state index < -0.39 is 0 Å². The molecular formula is C139H98N4S3. The van der Waals surface area contributed by atoms with Crippen molar-refractivity contribution in [1.29, 1.82) is 0 Å². The van der Waals surface area contributed by atoms with E-state index in [-0.39, 0.29) is 5.41 Å². The van der Waals surface area contributed by atoms with Crippen molar-refractivity contribution in [2.45, 2.75) is 19.3 Å². The van der Waals surface area contributed by atoms with Crippen LogP contribution in [0.2, 0.25) is 0 Å². The summed E-state index contributed by atoms with van der Waals surface area (Å²) in [7, 11) is 0. The van der Waals surface area contributed by atoms with E-state index in [0.29, 0.717) is 0 Å². The molecule has 692 valence electrons. The minimum absolute atomic E-state index is 0.0442. The highest BCUT2D eigenvalue weighted by Gasteiger charge is 2.38. The van der Waals surface area contributed by atoms with Crippen molar-refractivity contribution in [1.82, 2.24) is 0 Å². The first-order chi connectivity index (χ1) is 72.2. The van der Waals surface area contributed by atoms with E-state index in [4.69, 9.17) is 0 Å². The van der Waals surface area contributed by atoms with Gasteiger partial charge in [-0.2, -0.15) is 0 Å². The van der Waals surface area contributed by atoms with Crippen LogP contribution in [0.1, 0.15) is 25.0 Å². The molecule has 0 atom stereocenters. The Morgan fingerprint density at radius 2 is 0.418 bits per heavy atom. The van der Waals surface area contributed by atoms with Gasteiger partial charge in [-0.25, -0.2) is 0 Å². The Morgan fingerprint density at radius 3 is 0.829 bits per heavy atom. The molecule has 0 saturated carbocycles. The van der Waals surface area contributed by atoms with Gasteiger partial charge in [0, 0.05) is 139 Å². The second-order valence-corrected chi connectivity index (χ2v) is 40.9. The van der Waals surface area contributed by atoms with Crippen LogP contribution in [0.4, 0.5) is 68.2 Å². The normalized spacial score (nSPS) is 11.8. The molecule has 24 aromatic carbocycles. The molecule has 28 rings (SSSR count). The molecule has 3 heterocycles. The number of hydrogen-bond acceptors (Lipinski definition) is 7. The minimum atomic E-state index is -0.0442. The van der Waals surface area contributed by atoms with Gasteiger partial charge in [0.05, 0.1) is 22.7 Å². The summed E-state index contributed by atoms with van der Waals surface area (Å²) >= 11 is 5.61. The van der Waals surface area contributed by atoms with Gasteiger partial charge < -0.3 is 19.6 Å². The molecule has 0 unspecified atom stereocenters. The Balaban J connectivity index is 0.000000102. The number of anilines is 12. The maximum atomic E-state index is 2.40. The molecule has 0 bridgehead atoms. The van der Waals surface area contributed by atoms with Crippen molar-refractivity contribution in [2.75, 3.05) is 19.6 Å². The number of rotatable bonds is 16. The van der Waals surface area contributed by atoms with E-state index >= 15 is 0 Å². The smallest absolute Gasteiger partial charge is 0.0546 e. The zero-order chi connectivity index (χ0) is 97.4. The van der Waals surface area contributed by atoms with E-state index in [2.05, 4.69) is 592 Å². The lowest BCUT2D eigenvalue weighted by Gasteiger charge is -2.29. The Kier molecular flexibility index (Phi) is 24.1. The predicted octanol–water partition coefficient (Wildman–Crippen LogP) is 41.3. The molecule has 0 fully saturated rings. The fourth-order valence-electron chi connectivity index (χ4n) is 21.6. The number of para-hydroxylation sites is 8. The largest absolute Gasteiger partial charge is 0.310 e. The van der Waals surface area contributed by atoms with Crippen molar-refractivity contribution in [3.63, 3.8) is 0 Å². The predicted molar refractivity (Wildman–Crippen MR) is 632 cm³/mol. The van der Waals surface area contributed by atoms with Crippen LogP contribution in [0, 0.1) is 0 Å². The van der Waals surface area contributed by atoms with Crippen LogP contribution in [0.5, 0.6) is 0 Å². The average Bonchev–Trinajstić information content (AvgIpc) is 1.55. The third-order valence-corrected chi connectivity index (χ3v) is 32.0. The molecule has 1 aliphatic rings. The molecule has 4 nitrogen and oxygen atoms in total. The summed E-state index contributed by atoms with van der Waals surface area (Å²) in [4.78, 5) is 9.52. The van der Waals surface area contributed by atoms with Gasteiger partial charge in [-0.15, -0.1) is 34.0 Å². The number of nitrogens with zero attached hydrogens (tertiary/aromatic N) is 4. The van der Waals surface area contributed by atoms with E-state index in [0.717, 1.165) is 45.5 Å². The quantitative estimate of drug-likeness (QED) is 0.0956. The van der Waals surface area contributed by atoms with Crippen molar-refractivity contribution < 1.29 is 0 Å². The van der Waals surface area contributed by atoms with Crippen molar-refractivity contribution in [2.24, 2.45) is 0 Å². The molecular weight excluding hydrogens is 1820 g/mol. The molecule has 0 saturated heterocycles. The fourth-order valence-corrected chi connectivity index (χ4v) is 25.1. The molecule has 146 heavy (non-hydrogen) atoms. The second-order valence-electron chi connectivity index (χ2n) is 37.7. The van der Waals surface area contributed by atoms with E-state index in [1.165, 1.54) is 193 Å². The van der Waals surface area contributed by atoms with Crippen LogP contribution in [-0.2, 0) is 5.41 Å². The third kappa shape index (κ3) is 17.1. The van der Waals surface area contributed by atoms with Gasteiger partial charge in [-0.05, 0) is 264 Å². The molecule has 0 amide bonds.